The molecule has 2 rings (SSSR count). The van der Waals surface area contributed by atoms with Crippen molar-refractivity contribution in [2.45, 2.75) is 19.4 Å². The first-order chi connectivity index (χ1) is 11.2. The summed E-state index contributed by atoms with van der Waals surface area (Å²) in [6.45, 7) is 3.11. The van der Waals surface area contributed by atoms with Crippen molar-refractivity contribution in [3.8, 4) is 0 Å². The molecule has 0 aliphatic carbocycles. The summed E-state index contributed by atoms with van der Waals surface area (Å²) in [5, 5.41) is 0. The molecular weight excluding hydrogens is 338 g/mol. The van der Waals surface area contributed by atoms with Crippen LogP contribution in [0.2, 0.25) is 0 Å². The lowest BCUT2D eigenvalue weighted by Gasteiger charge is -2.34. The number of rotatable bonds is 2. The van der Waals surface area contributed by atoms with Gasteiger partial charge in [0, 0.05) is 39.3 Å². The Balaban J connectivity index is 1.88. The van der Waals surface area contributed by atoms with Crippen molar-refractivity contribution in [2.75, 3.05) is 51.3 Å². The Morgan fingerprint density at radius 1 is 1.12 bits per heavy atom. The molecule has 136 valence electrons. The maximum atomic E-state index is 12.3. The molecule has 0 N–H and O–H groups in total. The SMILES string of the molecule is CCOC(=O)N1CCN(C(=O)C(=O)N(C)C2CCS(=O)(=O)C2)CC1. The molecule has 1 atom stereocenters. The Morgan fingerprint density at radius 3 is 2.21 bits per heavy atom. The van der Waals surface area contributed by atoms with E-state index < -0.39 is 33.8 Å². The molecule has 0 aromatic rings. The molecule has 0 radical (unpaired) electrons. The van der Waals surface area contributed by atoms with Crippen LogP contribution in [0.3, 0.4) is 0 Å². The Labute approximate surface area is 141 Å². The number of hydrogen-bond donors (Lipinski definition) is 0. The van der Waals surface area contributed by atoms with E-state index >= 15 is 0 Å². The highest BCUT2D eigenvalue weighted by Gasteiger charge is 2.37. The van der Waals surface area contributed by atoms with E-state index in [0.29, 0.717) is 19.5 Å². The summed E-state index contributed by atoms with van der Waals surface area (Å²) in [5.41, 5.74) is 0. The molecule has 2 heterocycles. The molecule has 0 bridgehead atoms. The monoisotopic (exact) mass is 361 g/mol. The van der Waals surface area contributed by atoms with Crippen LogP contribution in [0, 0.1) is 0 Å². The van der Waals surface area contributed by atoms with Crippen LogP contribution >= 0.6 is 0 Å². The molecule has 3 amide bonds. The molecule has 2 saturated heterocycles. The smallest absolute Gasteiger partial charge is 0.409 e. The molecule has 0 spiro atoms. The van der Waals surface area contributed by atoms with Crippen molar-refractivity contribution in [1.82, 2.24) is 14.7 Å². The zero-order valence-corrected chi connectivity index (χ0v) is 14.8. The van der Waals surface area contributed by atoms with Crippen LogP contribution in [0.15, 0.2) is 0 Å². The fourth-order valence-electron chi connectivity index (χ4n) is 2.84. The first-order valence-corrected chi connectivity index (χ1v) is 9.75. The van der Waals surface area contributed by atoms with Gasteiger partial charge in [-0.2, -0.15) is 0 Å². The molecule has 9 nitrogen and oxygen atoms in total. The van der Waals surface area contributed by atoms with E-state index in [-0.39, 0.29) is 31.2 Å². The van der Waals surface area contributed by atoms with E-state index in [2.05, 4.69) is 0 Å². The van der Waals surface area contributed by atoms with Gasteiger partial charge in [-0.3, -0.25) is 9.59 Å². The van der Waals surface area contributed by atoms with Crippen molar-refractivity contribution >= 4 is 27.7 Å². The Bertz CT molecular complexity index is 612. The quantitative estimate of drug-likeness (QED) is 0.580. The maximum Gasteiger partial charge on any atom is 0.409 e. The van der Waals surface area contributed by atoms with Crippen molar-refractivity contribution < 1.29 is 27.5 Å². The van der Waals surface area contributed by atoms with Crippen molar-refractivity contribution in [1.29, 1.82) is 0 Å². The van der Waals surface area contributed by atoms with Gasteiger partial charge in [-0.25, -0.2) is 13.2 Å². The van der Waals surface area contributed by atoms with Crippen LogP contribution < -0.4 is 0 Å². The van der Waals surface area contributed by atoms with E-state index in [9.17, 15) is 22.8 Å². The maximum absolute atomic E-state index is 12.3. The lowest BCUT2D eigenvalue weighted by atomic mass is 10.2. The van der Waals surface area contributed by atoms with Crippen LogP contribution in [0.5, 0.6) is 0 Å². The summed E-state index contributed by atoms with van der Waals surface area (Å²) in [6.07, 6.45) is -0.0710. The van der Waals surface area contributed by atoms with Gasteiger partial charge in [0.2, 0.25) is 0 Å². The summed E-state index contributed by atoms with van der Waals surface area (Å²) in [5.74, 6) is -1.42. The first-order valence-electron chi connectivity index (χ1n) is 7.93. The lowest BCUT2D eigenvalue weighted by Crippen LogP contribution is -2.55. The van der Waals surface area contributed by atoms with Crippen molar-refractivity contribution in [2.24, 2.45) is 0 Å². The zero-order chi connectivity index (χ0) is 17.9. The molecule has 0 aromatic carbocycles. The molecule has 2 aliphatic heterocycles. The summed E-state index contributed by atoms with van der Waals surface area (Å²) >= 11 is 0. The molecule has 1 unspecified atom stereocenters. The summed E-state index contributed by atoms with van der Waals surface area (Å²) in [6, 6.07) is -0.452. The summed E-state index contributed by atoms with van der Waals surface area (Å²) in [7, 11) is -1.66. The van der Waals surface area contributed by atoms with Gasteiger partial charge in [-0.15, -0.1) is 0 Å². The third-order valence-electron chi connectivity index (χ3n) is 4.35. The standard InChI is InChI=1S/C14H23N3O6S/c1-3-23-14(20)17-7-5-16(6-8-17)13(19)12(18)15(2)11-4-9-24(21,22)10-11/h11H,3-10H2,1-2H3. The molecular formula is C14H23N3O6S. The third-order valence-corrected chi connectivity index (χ3v) is 6.10. The zero-order valence-electron chi connectivity index (χ0n) is 13.9. The predicted octanol–water partition coefficient (Wildman–Crippen LogP) is -1.07. The fourth-order valence-corrected chi connectivity index (χ4v) is 4.61. The Kier molecular flexibility index (Phi) is 5.68. The highest BCUT2D eigenvalue weighted by molar-refractivity contribution is 7.91. The van der Waals surface area contributed by atoms with Crippen LogP contribution in [0.4, 0.5) is 4.79 Å². The van der Waals surface area contributed by atoms with Crippen LogP contribution in [0.25, 0.3) is 0 Å². The number of amides is 3. The highest BCUT2D eigenvalue weighted by atomic mass is 32.2. The Morgan fingerprint density at radius 2 is 1.71 bits per heavy atom. The van der Waals surface area contributed by atoms with E-state index in [1.807, 2.05) is 0 Å². The van der Waals surface area contributed by atoms with Crippen LogP contribution in [-0.2, 0) is 24.2 Å². The van der Waals surface area contributed by atoms with Gasteiger partial charge in [0.25, 0.3) is 0 Å². The van der Waals surface area contributed by atoms with Crippen LogP contribution in [-0.4, -0.2) is 98.4 Å². The number of likely N-dealkylation sites (N-methyl/N-ethyl adjacent to an activating group) is 1. The molecule has 2 aliphatic rings. The lowest BCUT2D eigenvalue weighted by molar-refractivity contribution is -0.152. The molecule has 10 heteroatoms. The van der Waals surface area contributed by atoms with Crippen LogP contribution in [0.1, 0.15) is 13.3 Å². The minimum absolute atomic E-state index is 0.0433. The van der Waals surface area contributed by atoms with E-state index in [1.165, 1.54) is 21.7 Å². The van der Waals surface area contributed by atoms with Gasteiger partial charge < -0.3 is 19.4 Å². The second-order valence-corrected chi connectivity index (χ2v) is 8.18. The summed E-state index contributed by atoms with van der Waals surface area (Å²) in [4.78, 5) is 40.3. The minimum atomic E-state index is -3.12. The van der Waals surface area contributed by atoms with Crippen molar-refractivity contribution in [3.63, 3.8) is 0 Å². The molecule has 2 fully saturated rings. The van der Waals surface area contributed by atoms with Gasteiger partial charge >= 0.3 is 17.9 Å². The Hall–Kier alpha value is -1.84. The number of carbonyl (C=O) groups is 3. The average Bonchev–Trinajstić information content (AvgIpc) is 2.93. The molecule has 0 aromatic heterocycles. The number of hydrogen-bond acceptors (Lipinski definition) is 6. The third kappa shape index (κ3) is 4.16. The highest BCUT2D eigenvalue weighted by Crippen LogP contribution is 2.17. The normalized spacial score (nSPS) is 23.0. The summed E-state index contributed by atoms with van der Waals surface area (Å²) < 4.78 is 27.9. The van der Waals surface area contributed by atoms with E-state index in [4.69, 9.17) is 4.74 Å². The van der Waals surface area contributed by atoms with Gasteiger partial charge in [-0.05, 0) is 13.3 Å². The van der Waals surface area contributed by atoms with Crippen molar-refractivity contribution in [3.05, 3.63) is 0 Å². The van der Waals surface area contributed by atoms with Gasteiger partial charge in [-0.1, -0.05) is 0 Å². The predicted molar refractivity (Wildman–Crippen MR) is 85.0 cm³/mol. The van der Waals surface area contributed by atoms with E-state index in [1.54, 1.807) is 6.92 Å². The number of carbonyl (C=O) groups excluding carboxylic acids is 3. The second kappa shape index (κ2) is 7.37. The molecule has 0 saturated carbocycles. The van der Waals surface area contributed by atoms with Gasteiger partial charge in [0.05, 0.1) is 18.1 Å². The second-order valence-electron chi connectivity index (χ2n) is 5.95. The first kappa shape index (κ1) is 18.5. The molecule has 24 heavy (non-hydrogen) atoms. The topological polar surface area (TPSA) is 104 Å². The van der Waals surface area contributed by atoms with Gasteiger partial charge in [0.15, 0.2) is 9.84 Å². The number of sulfone groups is 1. The largest absolute Gasteiger partial charge is 0.450 e. The minimum Gasteiger partial charge on any atom is -0.450 e. The van der Waals surface area contributed by atoms with E-state index in [0.717, 1.165) is 0 Å². The average molecular weight is 361 g/mol. The fraction of sp³-hybridized carbons (Fsp3) is 0.786. The number of piperazine rings is 1. The number of nitrogens with zero attached hydrogens (tertiary/aromatic N) is 3. The van der Waals surface area contributed by atoms with Gasteiger partial charge in [0.1, 0.15) is 0 Å². The number of ether oxygens (including phenoxy) is 1.